The SMILES string of the molecule is [B]I(I)I(I)I(I)I(I)I(I)I(I)I(I)I(I)I(I)I(I)I(I)I(I)I(I)I(I)I(I)I(I)I(I)I(I)I(I)I(I)I(I)I. The zero-order chi connectivity index (χ0) is 35.1. The maximum absolute atomic E-state index is 6.64. The van der Waals surface area contributed by atoms with E-state index in [9.17, 15) is 0 Å². The maximum atomic E-state index is 6.64. The molecule has 0 saturated carbocycles. The van der Waals surface area contributed by atoms with E-state index in [4.69, 9.17) is 5.70 Å². The fraction of sp³-hybridized carbons (Fsp3) is 0. The van der Waals surface area contributed by atoms with Crippen LogP contribution in [0.25, 0.3) is 0 Å². The van der Waals surface area contributed by atoms with Crippen LogP contribution in [0.2, 0.25) is 0 Å². The van der Waals surface area contributed by atoms with Crippen molar-refractivity contribution in [1.82, 2.24) is 0 Å². The fourth-order valence-electron chi connectivity index (χ4n) is 0.594. The van der Waals surface area contributed by atoms with Crippen molar-refractivity contribution >= 4 is 585 Å². The first kappa shape index (κ1) is 75.5. The van der Waals surface area contributed by atoms with E-state index in [0.29, 0.717) is 0 Å². The second-order valence-electron chi connectivity index (χ2n) is 3.46. The molecule has 0 nitrogen and oxygen atoms in total. The normalized spacial score (nSPS) is 18.7. The minimum atomic E-state index is -0.968. The van der Waals surface area contributed by atoms with Crippen molar-refractivity contribution < 1.29 is 0 Å². The Morgan fingerprint density at radius 1 is 0.182 bits per heavy atom. The van der Waals surface area contributed by atoms with E-state index in [1.54, 1.807) is 0 Å². The van der Waals surface area contributed by atoms with Gasteiger partial charge in [-0.05, 0) is 0 Å². The molecule has 0 unspecified atom stereocenters. The van der Waals surface area contributed by atoms with Crippen molar-refractivity contribution in [3.05, 3.63) is 0 Å². The molecule has 0 heterocycles. The molecule has 304 valence electrons. The molecule has 0 aliphatic carbocycles. The van der Waals surface area contributed by atoms with Gasteiger partial charge in [0.1, 0.15) is 0 Å². The molecular weight excluding hydrogens is 5470 g/mol. The second-order valence-corrected chi connectivity index (χ2v) is 1000. The predicted molar refractivity (Wildman–Crippen MR) is 609 cm³/mol. The summed E-state index contributed by atoms with van der Waals surface area (Å²) in [5.74, 6) is 0. The third-order valence-electron chi connectivity index (χ3n) is 1.65. The summed E-state index contributed by atoms with van der Waals surface area (Å²) < 4.78 is 0. The molecule has 0 amide bonds. The van der Waals surface area contributed by atoms with E-state index >= 15 is 0 Å². The zero-order valence-electron chi connectivity index (χ0n) is 16.8. The summed E-state index contributed by atoms with van der Waals surface area (Å²) in [5.41, 5.74) is 6.64. The monoisotopic (exact) mass is 5470 g/mol. The van der Waals surface area contributed by atoms with Gasteiger partial charge in [0.25, 0.3) is 0 Å². The standard InChI is InChI=1S/BI43/c1-24(2)26(5)28(7)30(9)32(11)34(13)36(15)38(17)40(19)42(21)44(23)43(22)41(20)39(18)37(16)35(14)33(12)31(10)29(8)27(6)25(3)4. The minimum absolute atomic E-state index is 0.461. The first-order valence-corrected chi connectivity index (χ1v) is 271. The summed E-state index contributed by atoms with van der Waals surface area (Å²) in [4.78, 5) is 0. The van der Waals surface area contributed by atoms with Gasteiger partial charge >= 0.3 is 585 Å². The molecule has 44 heteroatoms. The van der Waals surface area contributed by atoms with Crippen molar-refractivity contribution in [2.24, 2.45) is 0 Å². The molecule has 0 N–H and O–H groups in total. The van der Waals surface area contributed by atoms with E-state index in [-0.39, 0.29) is 0 Å². The van der Waals surface area contributed by atoms with Crippen LogP contribution >= 0.6 is 579 Å². The molecule has 0 saturated heterocycles. The van der Waals surface area contributed by atoms with Crippen molar-refractivity contribution in [3.63, 3.8) is 0 Å². The summed E-state index contributed by atoms with van der Waals surface area (Å²) in [7, 11) is -11.0. The van der Waals surface area contributed by atoms with Crippen LogP contribution in [0, 0.1) is 0 Å². The second kappa shape index (κ2) is 45.0. The molecule has 44 heavy (non-hydrogen) atoms. The number of rotatable bonds is 20. The molecule has 0 atom stereocenters. The average molecular weight is 5470 g/mol. The summed E-state index contributed by atoms with van der Waals surface area (Å²) in [5, 5.41) is 0. The van der Waals surface area contributed by atoms with Gasteiger partial charge in [-0.1, -0.05) is 0 Å². The van der Waals surface area contributed by atoms with Crippen LogP contribution in [0.4, 0.5) is 0 Å². The van der Waals surface area contributed by atoms with Crippen LogP contribution in [-0.2, 0) is 0 Å². The molecule has 0 aromatic carbocycles. The Bertz CT molecular complexity index is 694. The van der Waals surface area contributed by atoms with Gasteiger partial charge in [-0.25, -0.2) is 0 Å². The van der Waals surface area contributed by atoms with Gasteiger partial charge < -0.3 is 0 Å². The van der Waals surface area contributed by atoms with Crippen molar-refractivity contribution in [2.45, 2.75) is 0 Å². The van der Waals surface area contributed by atoms with Crippen LogP contribution in [0.1, 0.15) is 0 Å². The Balaban J connectivity index is 5.48. The van der Waals surface area contributed by atoms with Gasteiger partial charge in [-0.3, -0.25) is 0 Å². The Morgan fingerprint density at radius 2 is 0.295 bits per heavy atom. The third-order valence-corrected chi connectivity index (χ3v) is 3240. The van der Waals surface area contributed by atoms with Gasteiger partial charge in [0.15, 0.2) is 0 Å². The molecule has 0 aromatic rings. The summed E-state index contributed by atoms with van der Waals surface area (Å²) in [6.07, 6.45) is 0. The van der Waals surface area contributed by atoms with E-state index in [1.807, 2.05) is 0 Å². The third kappa shape index (κ3) is 31.0. The Morgan fingerprint density at radius 3 is 0.409 bits per heavy atom. The predicted octanol–water partition coefficient (Wildman–Crippen LogP) is 37.7. The molecule has 0 aliphatic heterocycles. The van der Waals surface area contributed by atoms with Crippen LogP contribution in [-0.4, -0.2) is 5.70 Å². The van der Waals surface area contributed by atoms with Crippen molar-refractivity contribution in [1.29, 1.82) is 0 Å². The van der Waals surface area contributed by atoms with Crippen LogP contribution in [0.15, 0.2) is 0 Å². The van der Waals surface area contributed by atoms with E-state index in [2.05, 4.69) is 410 Å². The Hall–Kier alpha value is 31.5. The zero-order valence-corrected chi connectivity index (χ0v) is 110. The molecule has 0 rings (SSSR count). The molecular formula is BI43. The van der Waals surface area contributed by atoms with E-state index < -0.39 is 170 Å². The van der Waals surface area contributed by atoms with Crippen molar-refractivity contribution in [3.8, 4) is 0 Å². The van der Waals surface area contributed by atoms with Crippen molar-refractivity contribution in [2.75, 3.05) is 0 Å². The van der Waals surface area contributed by atoms with Gasteiger partial charge in [-0.2, -0.15) is 0 Å². The Kier molecular flexibility index (Phi) is 77.2. The van der Waals surface area contributed by atoms with Crippen LogP contribution in [0.5, 0.6) is 0 Å². The number of halogens is 43. The van der Waals surface area contributed by atoms with Crippen LogP contribution < -0.4 is 0 Å². The molecule has 0 spiro atoms. The van der Waals surface area contributed by atoms with Gasteiger partial charge in [-0.15, -0.1) is 0 Å². The summed E-state index contributed by atoms with van der Waals surface area (Å²) in [6.45, 7) is 0. The number of hydrogen-bond acceptors (Lipinski definition) is 0. The van der Waals surface area contributed by atoms with Gasteiger partial charge in [0.2, 0.25) is 0 Å². The molecule has 0 aliphatic rings. The first-order valence-electron chi connectivity index (χ1n) is 6.22. The van der Waals surface area contributed by atoms with Gasteiger partial charge in [0, 0.05) is 0 Å². The molecule has 2 radical (unpaired) electrons. The Labute approximate surface area is 550 Å². The molecule has 0 aromatic heterocycles. The summed E-state index contributed by atoms with van der Waals surface area (Å²) in [6, 6.07) is 0. The quantitative estimate of drug-likeness (QED) is 0.0842. The van der Waals surface area contributed by atoms with Crippen LogP contribution in [0.3, 0.4) is 0 Å². The number of hydrogen-bond donors (Lipinski definition) is 0. The first-order chi connectivity index (χ1) is 19.9. The fourth-order valence-corrected chi connectivity index (χ4v) is 7800. The van der Waals surface area contributed by atoms with E-state index in [1.165, 1.54) is 0 Å². The average Bonchev–Trinajstić information content (AvgIpc) is 3.00. The van der Waals surface area contributed by atoms with E-state index in [0.717, 1.165) is 0 Å². The molecule has 0 fully saturated rings. The topological polar surface area (TPSA) is 0 Å². The molecule has 0 bridgehead atoms. The van der Waals surface area contributed by atoms with Gasteiger partial charge in [0.05, 0.1) is 0 Å². The summed E-state index contributed by atoms with van der Waals surface area (Å²) >= 11 is 69.9.